The van der Waals surface area contributed by atoms with Gasteiger partial charge in [-0.2, -0.15) is 0 Å². The molecule has 2 aliphatic heterocycles. The molecule has 0 saturated carbocycles. The van der Waals surface area contributed by atoms with Gasteiger partial charge in [0, 0.05) is 17.2 Å². The van der Waals surface area contributed by atoms with Crippen molar-refractivity contribution in [3.05, 3.63) is 77.4 Å². The van der Waals surface area contributed by atoms with Crippen molar-refractivity contribution in [3.8, 4) is 28.4 Å². The number of benzene rings is 1. The Bertz CT molecular complexity index is 1760. The lowest BCUT2D eigenvalue weighted by Gasteiger charge is -2.06. The second kappa shape index (κ2) is 9.48. The fraction of sp³-hybridized carbons (Fsp3) is 0.133. The Morgan fingerprint density at radius 2 is 1.13 bits per heavy atom. The number of nitrogens with zero attached hydrogens (tertiary/aromatic N) is 2. The molecule has 190 valence electrons. The van der Waals surface area contributed by atoms with E-state index in [9.17, 15) is 0 Å². The number of methoxy groups -OCH3 is 4. The molecular formula is C30H26N4O4. The minimum absolute atomic E-state index is 0.503. The van der Waals surface area contributed by atoms with Crippen LogP contribution < -0.4 is 14.2 Å². The molecule has 8 bridgehead atoms. The van der Waals surface area contributed by atoms with Crippen LogP contribution in [0.4, 0.5) is 0 Å². The summed E-state index contributed by atoms with van der Waals surface area (Å²) in [7, 11) is 6.50. The molecule has 0 amide bonds. The molecule has 0 radical (unpaired) electrons. The molecule has 38 heavy (non-hydrogen) atoms. The van der Waals surface area contributed by atoms with E-state index in [0.717, 1.165) is 38.9 Å². The van der Waals surface area contributed by atoms with Crippen molar-refractivity contribution in [3.63, 3.8) is 0 Å². The van der Waals surface area contributed by atoms with Crippen molar-refractivity contribution in [2.45, 2.75) is 0 Å². The molecule has 1 aromatic carbocycles. The molecule has 0 unspecified atom stereocenters. The van der Waals surface area contributed by atoms with E-state index in [1.54, 1.807) is 28.4 Å². The number of aromatic nitrogens is 4. The maximum atomic E-state index is 5.85. The van der Waals surface area contributed by atoms with Gasteiger partial charge in [0.05, 0.1) is 50.7 Å². The molecule has 0 fully saturated rings. The van der Waals surface area contributed by atoms with Gasteiger partial charge in [-0.3, -0.25) is 0 Å². The summed E-state index contributed by atoms with van der Waals surface area (Å²) in [5.41, 5.74) is 7.73. The highest BCUT2D eigenvalue weighted by molar-refractivity contribution is 5.95. The van der Waals surface area contributed by atoms with Crippen LogP contribution in [0, 0.1) is 0 Å². The average molecular weight is 507 g/mol. The van der Waals surface area contributed by atoms with Crippen molar-refractivity contribution in [2.75, 3.05) is 28.4 Å². The quantitative estimate of drug-likeness (QED) is 0.290. The van der Waals surface area contributed by atoms with E-state index >= 15 is 0 Å². The molecular weight excluding hydrogens is 480 g/mol. The predicted octanol–water partition coefficient (Wildman–Crippen LogP) is 6.32. The number of fused-ring (bicyclic) bond motifs is 8. The number of hydrogen-bond donors (Lipinski definition) is 2. The van der Waals surface area contributed by atoms with Gasteiger partial charge < -0.3 is 28.9 Å². The van der Waals surface area contributed by atoms with Crippen molar-refractivity contribution in [1.82, 2.24) is 19.9 Å². The first kappa shape index (κ1) is 23.4. The summed E-state index contributed by atoms with van der Waals surface area (Å²) >= 11 is 0. The molecule has 6 rings (SSSR count). The second-order valence-electron chi connectivity index (χ2n) is 8.69. The van der Waals surface area contributed by atoms with Gasteiger partial charge in [-0.05, 0) is 42.0 Å². The number of hydrogen-bond acceptors (Lipinski definition) is 6. The second-order valence-corrected chi connectivity index (χ2v) is 8.69. The highest BCUT2D eigenvalue weighted by atomic mass is 16.5. The lowest BCUT2D eigenvalue weighted by molar-refractivity contribution is 0.363. The van der Waals surface area contributed by atoms with Crippen molar-refractivity contribution >= 4 is 46.1 Å². The molecule has 2 aliphatic rings. The third kappa shape index (κ3) is 3.78. The highest BCUT2D eigenvalue weighted by Crippen LogP contribution is 2.39. The van der Waals surface area contributed by atoms with Gasteiger partial charge in [0.2, 0.25) is 0 Å². The minimum atomic E-state index is 0.503. The molecule has 0 saturated heterocycles. The van der Waals surface area contributed by atoms with Crippen LogP contribution >= 0.6 is 0 Å². The highest BCUT2D eigenvalue weighted by Gasteiger charge is 2.23. The topological polar surface area (TPSA) is 94.3 Å². The Morgan fingerprint density at radius 3 is 1.76 bits per heavy atom. The molecule has 2 N–H and O–H groups in total. The Hall–Kier alpha value is -4.98. The van der Waals surface area contributed by atoms with Crippen molar-refractivity contribution in [1.29, 1.82) is 0 Å². The smallest absolute Gasteiger partial charge is 0.173 e. The summed E-state index contributed by atoms with van der Waals surface area (Å²) in [5.74, 6) is 2.34. The van der Waals surface area contributed by atoms with E-state index in [-0.39, 0.29) is 0 Å². The molecule has 0 spiro atoms. The third-order valence-corrected chi connectivity index (χ3v) is 6.58. The Labute approximate surface area is 219 Å². The number of H-pyrrole nitrogens is 2. The number of rotatable bonds is 5. The van der Waals surface area contributed by atoms with E-state index in [1.165, 1.54) is 0 Å². The van der Waals surface area contributed by atoms with Crippen molar-refractivity contribution in [2.24, 2.45) is 0 Å². The SMILES string of the molecule is COC1=Cc2nc1c(OC)c1nc(c(OC)c3ccc([nH]3)c(OC)c3ccc([nH]3)c2-c2ccccc2)C=C1. The van der Waals surface area contributed by atoms with Crippen LogP contribution in [0.2, 0.25) is 0 Å². The monoisotopic (exact) mass is 506 g/mol. The molecule has 5 heterocycles. The van der Waals surface area contributed by atoms with Crippen LogP contribution in [0.1, 0.15) is 22.8 Å². The average Bonchev–Trinajstić information content (AvgIpc) is 3.75. The summed E-state index contributed by atoms with van der Waals surface area (Å²) in [5, 5.41) is 0. The van der Waals surface area contributed by atoms with Gasteiger partial charge in [0.25, 0.3) is 0 Å². The normalized spacial score (nSPS) is 12.3. The lowest BCUT2D eigenvalue weighted by atomic mass is 10.0. The van der Waals surface area contributed by atoms with E-state index in [4.69, 9.17) is 28.9 Å². The Kier molecular flexibility index (Phi) is 5.84. The number of nitrogens with one attached hydrogen (secondary N) is 2. The number of ether oxygens (including phenoxy) is 4. The van der Waals surface area contributed by atoms with Gasteiger partial charge in [0.15, 0.2) is 23.0 Å². The maximum Gasteiger partial charge on any atom is 0.173 e. The summed E-state index contributed by atoms with van der Waals surface area (Å²) in [4.78, 5) is 16.8. The van der Waals surface area contributed by atoms with E-state index in [1.807, 2.05) is 60.7 Å². The maximum absolute atomic E-state index is 5.85. The van der Waals surface area contributed by atoms with E-state index < -0.39 is 0 Å². The van der Waals surface area contributed by atoms with Crippen LogP contribution in [0.25, 0.3) is 57.2 Å². The van der Waals surface area contributed by atoms with E-state index in [0.29, 0.717) is 40.1 Å². The first-order valence-corrected chi connectivity index (χ1v) is 12.1. The standard InChI is InChI=1S/C30H26N4O4/c1-35-25-16-24-26(17-8-6-5-7-9-17)18-10-11-19(31-18)28(36-2)20-12-13-21(32-20)29(37-3)22-14-15-23(33-22)30(38-4)27(25)34-24/h5-16,31-32H,1-4H3. The van der Waals surface area contributed by atoms with Gasteiger partial charge in [-0.1, -0.05) is 30.3 Å². The van der Waals surface area contributed by atoms with Crippen molar-refractivity contribution < 1.29 is 18.9 Å². The molecule has 0 atom stereocenters. The first-order chi connectivity index (χ1) is 18.6. The zero-order valence-corrected chi connectivity index (χ0v) is 21.5. The van der Waals surface area contributed by atoms with Gasteiger partial charge in [0.1, 0.15) is 17.1 Å². The van der Waals surface area contributed by atoms with Crippen LogP contribution in [-0.4, -0.2) is 48.4 Å². The van der Waals surface area contributed by atoms with Gasteiger partial charge in [-0.15, -0.1) is 0 Å². The molecule has 0 aliphatic carbocycles. The van der Waals surface area contributed by atoms with Gasteiger partial charge >= 0.3 is 0 Å². The summed E-state index contributed by atoms with van der Waals surface area (Å²) in [6, 6.07) is 18.0. The first-order valence-electron chi connectivity index (χ1n) is 12.1. The Morgan fingerprint density at radius 1 is 0.553 bits per heavy atom. The summed E-state index contributed by atoms with van der Waals surface area (Å²) < 4.78 is 23.2. The van der Waals surface area contributed by atoms with Crippen LogP contribution in [-0.2, 0) is 4.74 Å². The third-order valence-electron chi connectivity index (χ3n) is 6.58. The minimum Gasteiger partial charge on any atom is -0.494 e. The molecule has 3 aromatic heterocycles. The van der Waals surface area contributed by atoms with E-state index in [2.05, 4.69) is 22.1 Å². The number of aromatic amines is 2. The zero-order chi connectivity index (χ0) is 26.2. The van der Waals surface area contributed by atoms with Crippen LogP contribution in [0.5, 0.6) is 17.2 Å². The van der Waals surface area contributed by atoms with Crippen LogP contribution in [0.15, 0.2) is 54.6 Å². The summed E-state index contributed by atoms with van der Waals surface area (Å²) in [6.07, 6.45) is 5.69. The largest absolute Gasteiger partial charge is 0.494 e. The van der Waals surface area contributed by atoms with Gasteiger partial charge in [-0.25, -0.2) is 9.97 Å². The Balaban J connectivity index is 1.84. The molecule has 8 heteroatoms. The predicted molar refractivity (Wildman–Crippen MR) is 150 cm³/mol. The molecule has 4 aromatic rings. The van der Waals surface area contributed by atoms with Crippen LogP contribution in [0.3, 0.4) is 0 Å². The summed E-state index contributed by atoms with van der Waals surface area (Å²) in [6.45, 7) is 0. The lowest BCUT2D eigenvalue weighted by Crippen LogP contribution is -1.95. The fourth-order valence-electron chi connectivity index (χ4n) is 4.88. The molecule has 8 nitrogen and oxygen atoms in total. The zero-order valence-electron chi connectivity index (χ0n) is 21.5. The fourth-order valence-corrected chi connectivity index (χ4v) is 4.88.